The Balaban J connectivity index is 1.58. The van der Waals surface area contributed by atoms with Crippen LogP contribution in [0.2, 0.25) is 0 Å². The van der Waals surface area contributed by atoms with Crippen molar-refractivity contribution in [3.63, 3.8) is 0 Å². The molecular weight excluding hydrogens is 278 g/mol. The van der Waals surface area contributed by atoms with Crippen LogP contribution in [0.3, 0.4) is 0 Å². The average Bonchev–Trinajstić information content (AvgIpc) is 3.18. The Labute approximate surface area is 132 Å². The summed E-state index contributed by atoms with van der Waals surface area (Å²) in [6.45, 7) is 6.77. The summed E-state index contributed by atoms with van der Waals surface area (Å²) in [7, 11) is 1.47. The number of rotatable bonds is 4. The van der Waals surface area contributed by atoms with E-state index in [1.54, 1.807) is 0 Å². The molecule has 0 bridgehead atoms. The molecule has 5 nitrogen and oxygen atoms in total. The van der Waals surface area contributed by atoms with Crippen LogP contribution >= 0.6 is 0 Å². The van der Waals surface area contributed by atoms with Gasteiger partial charge in [-0.05, 0) is 44.4 Å². The van der Waals surface area contributed by atoms with Gasteiger partial charge in [-0.15, -0.1) is 0 Å². The van der Waals surface area contributed by atoms with Gasteiger partial charge in [-0.25, -0.2) is 4.98 Å². The third-order valence-electron chi connectivity index (χ3n) is 4.88. The number of carbonyl (C=O) groups is 1. The molecule has 0 unspecified atom stereocenters. The minimum absolute atomic E-state index is 0.0995. The summed E-state index contributed by atoms with van der Waals surface area (Å²) in [6, 6.07) is 4.28. The van der Waals surface area contributed by atoms with Gasteiger partial charge < -0.3 is 9.64 Å². The van der Waals surface area contributed by atoms with Crippen molar-refractivity contribution in [2.45, 2.75) is 32.7 Å². The first-order chi connectivity index (χ1) is 10.6. The summed E-state index contributed by atoms with van der Waals surface area (Å²) < 4.78 is 4.92. The molecule has 1 aromatic heterocycles. The van der Waals surface area contributed by atoms with Crippen LogP contribution in [0.1, 0.15) is 31.7 Å². The van der Waals surface area contributed by atoms with Crippen molar-refractivity contribution in [2.75, 3.05) is 38.2 Å². The minimum Gasteiger partial charge on any atom is -0.469 e. The second-order valence-electron chi connectivity index (χ2n) is 6.73. The van der Waals surface area contributed by atoms with Crippen molar-refractivity contribution >= 4 is 11.8 Å². The molecule has 3 heterocycles. The van der Waals surface area contributed by atoms with Gasteiger partial charge in [0.2, 0.25) is 0 Å². The summed E-state index contributed by atoms with van der Waals surface area (Å²) >= 11 is 0. The van der Waals surface area contributed by atoms with E-state index in [4.69, 9.17) is 4.74 Å². The molecule has 2 aliphatic rings. The van der Waals surface area contributed by atoms with E-state index in [1.807, 2.05) is 13.1 Å². The Morgan fingerprint density at radius 1 is 1.32 bits per heavy atom. The van der Waals surface area contributed by atoms with E-state index in [2.05, 4.69) is 26.9 Å². The molecule has 1 aromatic rings. The van der Waals surface area contributed by atoms with Crippen molar-refractivity contribution in [3.8, 4) is 0 Å². The highest BCUT2D eigenvalue weighted by Gasteiger charge is 2.41. The van der Waals surface area contributed by atoms with Crippen molar-refractivity contribution in [1.29, 1.82) is 0 Å². The third-order valence-corrected chi connectivity index (χ3v) is 4.88. The first-order valence-electron chi connectivity index (χ1n) is 8.11. The van der Waals surface area contributed by atoms with Crippen LogP contribution < -0.4 is 4.90 Å². The molecular formula is C17H25N3O2. The highest BCUT2D eigenvalue weighted by Crippen LogP contribution is 2.32. The number of nitrogens with zero attached hydrogens (tertiary/aromatic N) is 3. The molecule has 1 atom stereocenters. The number of methoxy groups -OCH3 is 1. The van der Waals surface area contributed by atoms with Gasteiger partial charge in [0.1, 0.15) is 5.82 Å². The summed E-state index contributed by atoms with van der Waals surface area (Å²) in [5.74, 6) is 0.986. The van der Waals surface area contributed by atoms with Crippen LogP contribution in [0.25, 0.3) is 0 Å². The average molecular weight is 303 g/mol. The quantitative estimate of drug-likeness (QED) is 0.797. The highest BCUT2D eigenvalue weighted by molar-refractivity contribution is 5.77. The van der Waals surface area contributed by atoms with Gasteiger partial charge in [-0.3, -0.25) is 9.69 Å². The fourth-order valence-corrected chi connectivity index (χ4v) is 3.51. The van der Waals surface area contributed by atoms with Crippen molar-refractivity contribution < 1.29 is 9.53 Å². The zero-order chi connectivity index (χ0) is 15.6. The summed E-state index contributed by atoms with van der Waals surface area (Å²) in [6.07, 6.45) is 5.37. The lowest BCUT2D eigenvalue weighted by atomic mass is 9.90. The van der Waals surface area contributed by atoms with Crippen LogP contribution in [0.4, 0.5) is 5.82 Å². The Morgan fingerprint density at radius 3 is 2.73 bits per heavy atom. The van der Waals surface area contributed by atoms with Crippen molar-refractivity contribution in [2.24, 2.45) is 5.41 Å². The van der Waals surface area contributed by atoms with E-state index >= 15 is 0 Å². The van der Waals surface area contributed by atoms with Crippen LogP contribution in [-0.4, -0.2) is 49.1 Å². The molecule has 120 valence electrons. The topological polar surface area (TPSA) is 45.7 Å². The van der Waals surface area contributed by atoms with E-state index in [1.165, 1.54) is 25.5 Å². The van der Waals surface area contributed by atoms with Crippen LogP contribution in [-0.2, 0) is 16.1 Å². The minimum atomic E-state index is -0.363. The number of likely N-dealkylation sites (tertiary alicyclic amines) is 1. The molecule has 5 heteroatoms. The fraction of sp³-hybridized carbons (Fsp3) is 0.647. The van der Waals surface area contributed by atoms with E-state index in [0.717, 1.165) is 45.0 Å². The Morgan fingerprint density at radius 2 is 2.09 bits per heavy atom. The molecule has 0 spiro atoms. The molecule has 0 radical (unpaired) electrons. The second kappa shape index (κ2) is 6.24. The van der Waals surface area contributed by atoms with Gasteiger partial charge >= 0.3 is 5.97 Å². The number of hydrogen-bond donors (Lipinski definition) is 0. The number of anilines is 1. The SMILES string of the molecule is COC(=O)[C@]1(C)CCN(Cc2ccc(N3CCCC3)nc2)C1. The van der Waals surface area contributed by atoms with E-state index in [-0.39, 0.29) is 11.4 Å². The third kappa shape index (κ3) is 3.09. The predicted molar refractivity (Wildman–Crippen MR) is 85.7 cm³/mol. The molecule has 3 rings (SSSR count). The van der Waals surface area contributed by atoms with Gasteiger partial charge in [0.15, 0.2) is 0 Å². The Bertz CT molecular complexity index is 525. The number of esters is 1. The molecule has 0 aromatic carbocycles. The number of hydrogen-bond acceptors (Lipinski definition) is 5. The van der Waals surface area contributed by atoms with Gasteiger partial charge in [-0.2, -0.15) is 0 Å². The standard InChI is InChI=1S/C17H25N3O2/c1-17(16(21)22-2)7-10-19(13-17)12-14-5-6-15(18-11-14)20-8-3-4-9-20/h5-6,11H,3-4,7-10,12-13H2,1-2H3/t17-/m1/s1. The monoisotopic (exact) mass is 303 g/mol. The van der Waals surface area contributed by atoms with Crippen LogP contribution in [0.5, 0.6) is 0 Å². The lowest BCUT2D eigenvalue weighted by Gasteiger charge is -2.22. The Kier molecular flexibility index (Phi) is 4.34. The molecule has 0 amide bonds. The lowest BCUT2D eigenvalue weighted by Crippen LogP contribution is -2.32. The molecule has 0 saturated carbocycles. The number of pyridine rings is 1. The van der Waals surface area contributed by atoms with E-state index in [0.29, 0.717) is 0 Å². The highest BCUT2D eigenvalue weighted by atomic mass is 16.5. The van der Waals surface area contributed by atoms with E-state index < -0.39 is 0 Å². The maximum absolute atomic E-state index is 11.9. The van der Waals surface area contributed by atoms with E-state index in [9.17, 15) is 4.79 Å². The molecule has 2 saturated heterocycles. The summed E-state index contributed by atoms with van der Waals surface area (Å²) in [4.78, 5) is 21.1. The molecule has 0 aliphatic carbocycles. The van der Waals surface area contributed by atoms with Gasteiger partial charge in [0.05, 0.1) is 12.5 Å². The van der Waals surface area contributed by atoms with Crippen LogP contribution in [0, 0.1) is 5.41 Å². The maximum Gasteiger partial charge on any atom is 0.312 e. The van der Waals surface area contributed by atoms with Crippen molar-refractivity contribution in [3.05, 3.63) is 23.9 Å². The predicted octanol–water partition coefficient (Wildman–Crippen LogP) is 2.07. The van der Waals surface area contributed by atoms with Gasteiger partial charge in [0.25, 0.3) is 0 Å². The largest absolute Gasteiger partial charge is 0.469 e. The van der Waals surface area contributed by atoms with Gasteiger partial charge in [-0.1, -0.05) is 6.07 Å². The number of ether oxygens (including phenoxy) is 1. The number of carbonyl (C=O) groups excluding carboxylic acids is 1. The summed E-state index contributed by atoms with van der Waals surface area (Å²) in [5.41, 5.74) is 0.842. The zero-order valence-corrected chi connectivity index (χ0v) is 13.5. The molecule has 2 fully saturated rings. The zero-order valence-electron chi connectivity index (χ0n) is 13.5. The number of aromatic nitrogens is 1. The lowest BCUT2D eigenvalue weighted by molar-refractivity contribution is -0.151. The Hall–Kier alpha value is -1.62. The van der Waals surface area contributed by atoms with Gasteiger partial charge in [0, 0.05) is 32.4 Å². The first kappa shape index (κ1) is 15.3. The summed E-state index contributed by atoms with van der Waals surface area (Å²) in [5, 5.41) is 0. The normalized spacial score (nSPS) is 25.6. The van der Waals surface area contributed by atoms with Crippen LogP contribution in [0.15, 0.2) is 18.3 Å². The second-order valence-corrected chi connectivity index (χ2v) is 6.73. The molecule has 22 heavy (non-hydrogen) atoms. The van der Waals surface area contributed by atoms with Crippen molar-refractivity contribution in [1.82, 2.24) is 9.88 Å². The first-order valence-corrected chi connectivity index (χ1v) is 8.11. The maximum atomic E-state index is 11.9. The fourth-order valence-electron chi connectivity index (χ4n) is 3.51. The molecule has 2 aliphatic heterocycles. The molecule has 0 N–H and O–H groups in total. The smallest absolute Gasteiger partial charge is 0.312 e.